The maximum atomic E-state index is 11.1. The molecule has 0 aliphatic carbocycles. The monoisotopic (exact) mass is 406 g/mol. The highest BCUT2D eigenvalue weighted by molar-refractivity contribution is 5.73. The Kier molecular flexibility index (Phi) is 6.21. The van der Waals surface area contributed by atoms with E-state index in [9.17, 15) is 4.79 Å². The van der Waals surface area contributed by atoms with E-state index in [2.05, 4.69) is 46.8 Å². The Morgan fingerprint density at radius 2 is 1.73 bits per heavy atom. The molecule has 2 heterocycles. The van der Waals surface area contributed by atoms with Crippen LogP contribution in [0.2, 0.25) is 0 Å². The molecule has 2 N–H and O–H groups in total. The fourth-order valence-electron chi connectivity index (χ4n) is 3.62. The summed E-state index contributed by atoms with van der Waals surface area (Å²) in [6, 6.07) is 16.1. The zero-order chi connectivity index (χ0) is 20.9. The van der Waals surface area contributed by atoms with Gasteiger partial charge in [-0.15, -0.1) is 5.10 Å². The van der Waals surface area contributed by atoms with Crippen molar-refractivity contribution in [3.63, 3.8) is 0 Å². The summed E-state index contributed by atoms with van der Waals surface area (Å²) in [6.07, 6.45) is 3.43. The lowest BCUT2D eigenvalue weighted by molar-refractivity contribution is -0.139. The van der Waals surface area contributed by atoms with Crippen LogP contribution in [0.15, 0.2) is 54.7 Å². The molecule has 4 rings (SSSR count). The summed E-state index contributed by atoms with van der Waals surface area (Å²) in [5, 5.41) is 20.6. The number of aryl methyl sites for hydroxylation is 1. The Morgan fingerprint density at radius 1 is 1.10 bits per heavy atom. The van der Waals surface area contributed by atoms with Gasteiger partial charge in [-0.25, -0.2) is 4.68 Å². The van der Waals surface area contributed by atoms with Gasteiger partial charge in [-0.2, -0.15) is 0 Å². The van der Waals surface area contributed by atoms with Crippen molar-refractivity contribution in [2.24, 2.45) is 0 Å². The van der Waals surface area contributed by atoms with Crippen LogP contribution in [0.3, 0.4) is 0 Å². The quantitative estimate of drug-likeness (QED) is 0.597. The van der Waals surface area contributed by atoms with Crippen molar-refractivity contribution in [2.45, 2.75) is 45.1 Å². The molecule has 1 aliphatic heterocycles. The summed E-state index contributed by atoms with van der Waals surface area (Å²) in [4.78, 5) is 11.1. The second kappa shape index (κ2) is 9.19. The van der Waals surface area contributed by atoms with Gasteiger partial charge in [0.05, 0.1) is 25.5 Å². The molecule has 3 aromatic rings. The lowest BCUT2D eigenvalue weighted by atomic mass is 10.1. The fourth-order valence-corrected chi connectivity index (χ4v) is 3.62. The van der Waals surface area contributed by atoms with Gasteiger partial charge in [-0.05, 0) is 29.5 Å². The molecular weight excluding hydrogens is 380 g/mol. The highest BCUT2D eigenvalue weighted by Crippen LogP contribution is 2.23. The number of nitrogens with one attached hydrogen (secondary N) is 1. The number of aliphatic carboxylic acids is 1. The van der Waals surface area contributed by atoms with Gasteiger partial charge >= 0.3 is 5.97 Å². The number of nitrogens with zero attached hydrogens (tertiary/aromatic N) is 3. The molecule has 0 saturated carbocycles. The van der Waals surface area contributed by atoms with E-state index in [1.807, 2.05) is 30.5 Å². The minimum atomic E-state index is -0.825. The Morgan fingerprint density at radius 3 is 2.33 bits per heavy atom. The third kappa shape index (κ3) is 4.75. The third-order valence-electron chi connectivity index (χ3n) is 5.51. The number of ether oxygens (including phenoxy) is 1. The minimum Gasteiger partial charge on any atom is -0.480 e. The van der Waals surface area contributed by atoms with Gasteiger partial charge in [0.1, 0.15) is 11.7 Å². The summed E-state index contributed by atoms with van der Waals surface area (Å²) in [6.45, 7) is 3.87. The standard InChI is InChI=1S/C23H26N4O3/c1-2-16-3-5-17(6-4-16)14-30-15-18-7-9-19(10-8-18)22-13-27(26-25-22)20-11-21(23(28)29)24-12-20/h3-10,13,20-21,24H,2,11-12,14-15H2,1H3,(H,28,29)/t20-,21+/m1/s1. The third-order valence-corrected chi connectivity index (χ3v) is 5.51. The van der Waals surface area contributed by atoms with Crippen LogP contribution in [0.5, 0.6) is 0 Å². The predicted octanol–water partition coefficient (Wildman–Crippen LogP) is 3.21. The van der Waals surface area contributed by atoms with Crippen LogP contribution in [0.25, 0.3) is 11.3 Å². The summed E-state index contributed by atoms with van der Waals surface area (Å²) in [7, 11) is 0. The highest BCUT2D eigenvalue weighted by Gasteiger charge is 2.30. The highest BCUT2D eigenvalue weighted by atomic mass is 16.5. The number of carboxylic acids is 1. The summed E-state index contributed by atoms with van der Waals surface area (Å²) >= 11 is 0. The lowest BCUT2D eigenvalue weighted by Gasteiger charge is -2.07. The van der Waals surface area contributed by atoms with Crippen LogP contribution in [0.1, 0.15) is 36.1 Å². The topological polar surface area (TPSA) is 89.3 Å². The van der Waals surface area contributed by atoms with E-state index in [0.29, 0.717) is 26.2 Å². The molecule has 0 amide bonds. The van der Waals surface area contributed by atoms with Crippen LogP contribution in [-0.2, 0) is 29.2 Å². The minimum absolute atomic E-state index is 0.00594. The predicted molar refractivity (Wildman–Crippen MR) is 113 cm³/mol. The molecule has 1 aromatic heterocycles. The van der Waals surface area contributed by atoms with E-state index in [1.54, 1.807) is 4.68 Å². The Labute approximate surface area is 175 Å². The fraction of sp³-hybridized carbons (Fsp3) is 0.348. The molecule has 1 saturated heterocycles. The number of rotatable bonds is 8. The van der Waals surface area contributed by atoms with Crippen molar-refractivity contribution in [3.05, 3.63) is 71.4 Å². The molecule has 2 atom stereocenters. The van der Waals surface area contributed by atoms with Crippen molar-refractivity contribution >= 4 is 5.97 Å². The molecule has 0 radical (unpaired) electrons. The summed E-state index contributed by atoms with van der Waals surface area (Å²) < 4.78 is 7.59. The Bertz CT molecular complexity index is 982. The maximum Gasteiger partial charge on any atom is 0.320 e. The van der Waals surface area contributed by atoms with E-state index >= 15 is 0 Å². The van der Waals surface area contributed by atoms with Gasteiger partial charge in [0.2, 0.25) is 0 Å². The van der Waals surface area contributed by atoms with Crippen molar-refractivity contribution in [1.29, 1.82) is 0 Å². The zero-order valence-electron chi connectivity index (χ0n) is 17.0. The van der Waals surface area contributed by atoms with E-state index in [4.69, 9.17) is 9.84 Å². The van der Waals surface area contributed by atoms with Crippen molar-refractivity contribution < 1.29 is 14.6 Å². The largest absolute Gasteiger partial charge is 0.480 e. The van der Waals surface area contributed by atoms with Gasteiger partial charge in [0, 0.05) is 12.1 Å². The number of benzene rings is 2. The molecule has 1 fully saturated rings. The number of carbonyl (C=O) groups is 1. The molecular formula is C23H26N4O3. The van der Waals surface area contributed by atoms with E-state index < -0.39 is 12.0 Å². The SMILES string of the molecule is CCc1ccc(COCc2ccc(-c3cn([C@H]4CN[C@H](C(=O)O)C4)nn3)cc2)cc1. The first kappa shape index (κ1) is 20.3. The first-order valence-corrected chi connectivity index (χ1v) is 10.2. The second-order valence-electron chi connectivity index (χ2n) is 7.63. The molecule has 7 heteroatoms. The molecule has 156 valence electrons. The van der Waals surface area contributed by atoms with Crippen LogP contribution >= 0.6 is 0 Å². The first-order valence-electron chi connectivity index (χ1n) is 10.2. The van der Waals surface area contributed by atoms with E-state index in [1.165, 1.54) is 11.1 Å². The average molecular weight is 406 g/mol. The maximum absolute atomic E-state index is 11.1. The molecule has 0 spiro atoms. The second-order valence-corrected chi connectivity index (χ2v) is 7.63. The molecule has 7 nitrogen and oxygen atoms in total. The van der Waals surface area contributed by atoms with Gasteiger partial charge < -0.3 is 15.2 Å². The van der Waals surface area contributed by atoms with Gasteiger partial charge in [0.15, 0.2) is 0 Å². The van der Waals surface area contributed by atoms with E-state index in [-0.39, 0.29) is 6.04 Å². The zero-order valence-corrected chi connectivity index (χ0v) is 17.0. The summed E-state index contributed by atoms with van der Waals surface area (Å²) in [5.41, 5.74) is 5.35. The lowest BCUT2D eigenvalue weighted by Crippen LogP contribution is -2.29. The number of hydrogen-bond donors (Lipinski definition) is 2. The summed E-state index contributed by atoms with van der Waals surface area (Å²) in [5.74, 6) is -0.825. The number of hydrogen-bond acceptors (Lipinski definition) is 5. The first-order chi connectivity index (χ1) is 14.6. The Balaban J connectivity index is 1.31. The van der Waals surface area contributed by atoms with Crippen LogP contribution < -0.4 is 5.32 Å². The van der Waals surface area contributed by atoms with Crippen molar-refractivity contribution in [2.75, 3.05) is 6.54 Å². The van der Waals surface area contributed by atoms with Gasteiger partial charge in [-0.3, -0.25) is 4.79 Å². The molecule has 1 aliphatic rings. The van der Waals surface area contributed by atoms with Crippen molar-refractivity contribution in [3.8, 4) is 11.3 Å². The molecule has 2 aromatic carbocycles. The number of aromatic nitrogens is 3. The van der Waals surface area contributed by atoms with Gasteiger partial charge in [-0.1, -0.05) is 60.7 Å². The molecule has 0 bridgehead atoms. The molecule has 30 heavy (non-hydrogen) atoms. The van der Waals surface area contributed by atoms with Gasteiger partial charge in [0.25, 0.3) is 0 Å². The van der Waals surface area contributed by atoms with Crippen LogP contribution in [-0.4, -0.2) is 38.7 Å². The number of carboxylic acid groups (broad SMARTS) is 1. The average Bonchev–Trinajstić information content (AvgIpc) is 3.45. The Hall–Kier alpha value is -3.03. The van der Waals surface area contributed by atoms with Crippen LogP contribution in [0, 0.1) is 0 Å². The smallest absolute Gasteiger partial charge is 0.320 e. The van der Waals surface area contributed by atoms with Crippen molar-refractivity contribution in [1.82, 2.24) is 20.3 Å². The van der Waals surface area contributed by atoms with Crippen LogP contribution in [0.4, 0.5) is 0 Å². The molecule has 0 unspecified atom stereocenters. The van der Waals surface area contributed by atoms with E-state index in [0.717, 1.165) is 23.2 Å². The normalized spacial score (nSPS) is 18.6.